The summed E-state index contributed by atoms with van der Waals surface area (Å²) in [7, 11) is 0. The zero-order chi connectivity index (χ0) is 22.8. The van der Waals surface area contributed by atoms with Crippen LogP contribution in [0.4, 0.5) is 10.9 Å². The SMILES string of the molecule is CCOC(=O)c1c(NC(=O)CSc2nnc(N3CCC(C)CC3)n2C2CC2)sc(C)c1C. The number of esters is 1. The van der Waals surface area contributed by atoms with Crippen LogP contribution < -0.4 is 10.2 Å². The number of ether oxygens (including phenoxy) is 1. The van der Waals surface area contributed by atoms with Crippen LogP contribution in [-0.2, 0) is 9.53 Å². The Morgan fingerprint density at radius 2 is 1.91 bits per heavy atom. The molecule has 3 heterocycles. The van der Waals surface area contributed by atoms with E-state index in [4.69, 9.17) is 4.74 Å². The van der Waals surface area contributed by atoms with Crippen LogP contribution in [0, 0.1) is 19.8 Å². The van der Waals surface area contributed by atoms with Crippen molar-refractivity contribution in [2.75, 3.05) is 35.7 Å². The van der Waals surface area contributed by atoms with Gasteiger partial charge in [-0.05, 0) is 57.9 Å². The summed E-state index contributed by atoms with van der Waals surface area (Å²) in [6, 6.07) is 0.433. The van der Waals surface area contributed by atoms with E-state index in [9.17, 15) is 9.59 Å². The number of carbonyl (C=O) groups is 2. The minimum atomic E-state index is -0.397. The highest BCUT2D eigenvalue weighted by Gasteiger charge is 2.33. The molecular weight excluding hydrogens is 446 g/mol. The van der Waals surface area contributed by atoms with E-state index in [1.807, 2.05) is 13.8 Å². The predicted molar refractivity (Wildman–Crippen MR) is 128 cm³/mol. The molecule has 2 aromatic heterocycles. The molecule has 2 fully saturated rings. The van der Waals surface area contributed by atoms with Crippen molar-refractivity contribution in [2.24, 2.45) is 5.92 Å². The molecule has 1 aliphatic carbocycles. The molecule has 174 valence electrons. The third-order valence-corrected chi connectivity index (χ3v) is 8.14. The largest absolute Gasteiger partial charge is 0.462 e. The molecule has 4 rings (SSSR count). The van der Waals surface area contributed by atoms with E-state index in [0.29, 0.717) is 23.2 Å². The number of nitrogens with zero attached hydrogens (tertiary/aromatic N) is 4. The second-order valence-corrected chi connectivity index (χ2v) is 10.8. The van der Waals surface area contributed by atoms with Crippen molar-refractivity contribution >= 4 is 45.9 Å². The Balaban J connectivity index is 1.43. The van der Waals surface area contributed by atoms with E-state index < -0.39 is 5.97 Å². The van der Waals surface area contributed by atoms with Crippen LogP contribution in [0.5, 0.6) is 0 Å². The van der Waals surface area contributed by atoms with Gasteiger partial charge in [0.1, 0.15) is 5.00 Å². The summed E-state index contributed by atoms with van der Waals surface area (Å²) in [6.07, 6.45) is 4.60. The zero-order valence-electron chi connectivity index (χ0n) is 19.1. The standard InChI is InChI=1S/C22H31N5O3S2/c1-5-30-20(29)18-14(3)15(4)32-19(18)23-17(28)12-31-22-25-24-21(27(22)16-6-7-16)26-10-8-13(2)9-11-26/h13,16H,5-12H2,1-4H3,(H,23,28). The van der Waals surface area contributed by atoms with Crippen LogP contribution in [0.1, 0.15) is 66.4 Å². The van der Waals surface area contributed by atoms with E-state index in [0.717, 1.165) is 53.4 Å². The first-order chi connectivity index (χ1) is 15.4. The smallest absolute Gasteiger partial charge is 0.341 e. The van der Waals surface area contributed by atoms with Crippen LogP contribution in [0.2, 0.25) is 0 Å². The van der Waals surface area contributed by atoms with Gasteiger partial charge in [-0.25, -0.2) is 4.79 Å². The molecule has 1 N–H and O–H groups in total. The lowest BCUT2D eigenvalue weighted by Crippen LogP contribution is -2.34. The molecule has 0 spiro atoms. The van der Waals surface area contributed by atoms with Crippen molar-refractivity contribution in [3.8, 4) is 0 Å². The summed E-state index contributed by atoms with van der Waals surface area (Å²) < 4.78 is 7.39. The van der Waals surface area contributed by atoms with Crippen molar-refractivity contribution in [2.45, 2.75) is 64.6 Å². The molecule has 1 amide bonds. The number of thiophene rings is 1. The molecule has 8 nitrogen and oxygen atoms in total. The maximum absolute atomic E-state index is 12.7. The number of hydrogen-bond donors (Lipinski definition) is 1. The van der Waals surface area contributed by atoms with Crippen molar-refractivity contribution in [1.29, 1.82) is 0 Å². The highest BCUT2D eigenvalue weighted by Crippen LogP contribution is 2.41. The second-order valence-electron chi connectivity index (χ2n) is 8.60. The Labute approximate surface area is 197 Å². The van der Waals surface area contributed by atoms with Crippen LogP contribution in [0.3, 0.4) is 0 Å². The van der Waals surface area contributed by atoms with Gasteiger partial charge in [0.25, 0.3) is 0 Å². The maximum atomic E-state index is 12.7. The van der Waals surface area contributed by atoms with Gasteiger partial charge < -0.3 is 15.0 Å². The van der Waals surface area contributed by atoms with Gasteiger partial charge in [-0.1, -0.05) is 18.7 Å². The first-order valence-corrected chi connectivity index (χ1v) is 13.1. The number of nitrogens with one attached hydrogen (secondary N) is 1. The molecule has 1 saturated heterocycles. The lowest BCUT2D eigenvalue weighted by molar-refractivity contribution is -0.113. The fraction of sp³-hybridized carbons (Fsp3) is 0.636. The number of thioether (sulfide) groups is 1. The molecule has 0 radical (unpaired) electrons. The van der Waals surface area contributed by atoms with Gasteiger partial charge in [0.15, 0.2) is 5.16 Å². The molecule has 32 heavy (non-hydrogen) atoms. The maximum Gasteiger partial charge on any atom is 0.341 e. The van der Waals surface area contributed by atoms with Gasteiger partial charge in [-0.2, -0.15) is 0 Å². The van der Waals surface area contributed by atoms with Crippen molar-refractivity contribution in [3.63, 3.8) is 0 Å². The molecule has 2 aromatic rings. The third kappa shape index (κ3) is 4.96. The van der Waals surface area contributed by atoms with Crippen molar-refractivity contribution in [3.05, 3.63) is 16.0 Å². The fourth-order valence-electron chi connectivity index (χ4n) is 3.90. The number of rotatable bonds is 8. The second kappa shape index (κ2) is 9.82. The van der Waals surface area contributed by atoms with Gasteiger partial charge in [0, 0.05) is 24.0 Å². The average Bonchev–Trinajstić information content (AvgIpc) is 3.45. The zero-order valence-corrected chi connectivity index (χ0v) is 20.8. The Morgan fingerprint density at radius 1 is 1.19 bits per heavy atom. The van der Waals surface area contributed by atoms with E-state index >= 15 is 0 Å². The highest BCUT2D eigenvalue weighted by atomic mass is 32.2. The van der Waals surface area contributed by atoms with Gasteiger partial charge in [0.2, 0.25) is 11.9 Å². The number of aromatic nitrogens is 3. The third-order valence-electron chi connectivity index (χ3n) is 6.08. The van der Waals surface area contributed by atoms with Crippen LogP contribution in [0.15, 0.2) is 5.16 Å². The Hall–Kier alpha value is -2.07. The Kier molecular flexibility index (Phi) is 7.09. The quantitative estimate of drug-likeness (QED) is 0.444. The first kappa shape index (κ1) is 23.1. The first-order valence-electron chi connectivity index (χ1n) is 11.3. The molecule has 0 bridgehead atoms. The minimum absolute atomic E-state index is 0.166. The average molecular weight is 478 g/mol. The van der Waals surface area contributed by atoms with Crippen molar-refractivity contribution in [1.82, 2.24) is 14.8 Å². The van der Waals surface area contributed by atoms with Crippen LogP contribution in [-0.4, -0.2) is 52.1 Å². The van der Waals surface area contributed by atoms with Crippen LogP contribution in [0.25, 0.3) is 0 Å². The minimum Gasteiger partial charge on any atom is -0.462 e. The fourth-order valence-corrected chi connectivity index (χ4v) is 5.77. The number of aryl methyl sites for hydroxylation is 1. The molecule has 0 atom stereocenters. The predicted octanol–water partition coefficient (Wildman–Crippen LogP) is 4.44. The van der Waals surface area contributed by atoms with Gasteiger partial charge in [0.05, 0.1) is 17.9 Å². The molecular formula is C22H31N5O3S2. The van der Waals surface area contributed by atoms with Gasteiger partial charge in [-0.15, -0.1) is 21.5 Å². The lowest BCUT2D eigenvalue weighted by atomic mass is 10.00. The Morgan fingerprint density at radius 3 is 2.56 bits per heavy atom. The molecule has 10 heteroatoms. The van der Waals surface area contributed by atoms with Gasteiger partial charge in [-0.3, -0.25) is 9.36 Å². The molecule has 0 unspecified atom stereocenters. The summed E-state index contributed by atoms with van der Waals surface area (Å²) in [5, 5.41) is 13.2. The molecule has 2 aliphatic rings. The van der Waals surface area contributed by atoms with E-state index in [-0.39, 0.29) is 11.7 Å². The number of hydrogen-bond acceptors (Lipinski definition) is 8. The van der Waals surface area contributed by atoms with E-state index in [1.54, 1.807) is 6.92 Å². The normalized spacial score (nSPS) is 16.9. The van der Waals surface area contributed by atoms with Crippen LogP contribution >= 0.6 is 23.1 Å². The summed E-state index contributed by atoms with van der Waals surface area (Å²) in [6.45, 7) is 10.2. The summed E-state index contributed by atoms with van der Waals surface area (Å²) >= 11 is 2.81. The number of amides is 1. The summed E-state index contributed by atoms with van der Waals surface area (Å²) in [5.74, 6) is 1.34. The molecule has 1 saturated carbocycles. The number of piperidine rings is 1. The van der Waals surface area contributed by atoms with E-state index in [2.05, 4.69) is 31.9 Å². The number of carbonyl (C=O) groups excluding carboxylic acids is 2. The monoisotopic (exact) mass is 477 g/mol. The Bertz CT molecular complexity index is 990. The number of anilines is 2. The van der Waals surface area contributed by atoms with Crippen molar-refractivity contribution < 1.29 is 14.3 Å². The van der Waals surface area contributed by atoms with Gasteiger partial charge >= 0.3 is 5.97 Å². The summed E-state index contributed by atoms with van der Waals surface area (Å²) in [5.41, 5.74) is 1.31. The summed E-state index contributed by atoms with van der Waals surface area (Å²) in [4.78, 5) is 28.4. The highest BCUT2D eigenvalue weighted by molar-refractivity contribution is 7.99. The lowest BCUT2D eigenvalue weighted by Gasteiger charge is -2.31. The molecule has 1 aliphatic heterocycles. The van der Waals surface area contributed by atoms with E-state index in [1.165, 1.54) is 35.9 Å². The molecule has 0 aromatic carbocycles. The topological polar surface area (TPSA) is 89.3 Å².